The maximum Gasteiger partial charge on any atom is 0.338 e. The van der Waals surface area contributed by atoms with Gasteiger partial charge in [0.25, 0.3) is 0 Å². The van der Waals surface area contributed by atoms with Gasteiger partial charge in [-0.05, 0) is 41.1 Å². The van der Waals surface area contributed by atoms with Crippen LogP contribution in [0.1, 0.15) is 5.56 Å². The number of aryl methyl sites for hydroxylation is 1. The molecule has 0 saturated heterocycles. The molecule has 0 fully saturated rings. The molecule has 0 N–H and O–H groups in total. The fraction of sp³-hybridized carbons (Fsp3) is 0.111. The van der Waals surface area contributed by atoms with Crippen LogP contribution in [0.15, 0.2) is 18.2 Å². The predicted octanol–water partition coefficient (Wildman–Crippen LogP) is 3.72. The van der Waals surface area contributed by atoms with Crippen molar-refractivity contribution in [3.63, 3.8) is 0 Å². The fourth-order valence-electron chi connectivity index (χ4n) is 1.38. The van der Waals surface area contributed by atoms with E-state index >= 15 is 0 Å². The lowest BCUT2D eigenvalue weighted by Crippen LogP contribution is -1.85. The van der Waals surface area contributed by atoms with Gasteiger partial charge in [-0.3, -0.25) is 10.1 Å². The summed E-state index contributed by atoms with van der Waals surface area (Å²) in [4.78, 5) is 10.4. The third-order valence-electron chi connectivity index (χ3n) is 2.01. The first-order valence-corrected chi connectivity index (χ1v) is 5.83. The van der Waals surface area contributed by atoms with E-state index in [1.54, 1.807) is 0 Å². The van der Waals surface area contributed by atoms with E-state index in [2.05, 4.69) is 0 Å². The van der Waals surface area contributed by atoms with Crippen LogP contribution in [-0.2, 0) is 0 Å². The maximum absolute atomic E-state index is 10.7. The molecule has 0 bridgehead atoms. The molecule has 0 spiro atoms. The van der Waals surface area contributed by atoms with E-state index in [0.717, 1.165) is 19.2 Å². The summed E-state index contributed by atoms with van der Waals surface area (Å²) in [5, 5.41) is 12.0. The van der Waals surface area contributed by atoms with E-state index in [1.807, 2.05) is 47.7 Å². The summed E-state index contributed by atoms with van der Waals surface area (Å²) in [6.45, 7) is 1.97. The zero-order chi connectivity index (χ0) is 10.3. The van der Waals surface area contributed by atoms with Crippen molar-refractivity contribution in [2.24, 2.45) is 0 Å². The molecule has 72 valence electrons. The zero-order valence-electron chi connectivity index (χ0n) is 7.28. The summed E-state index contributed by atoms with van der Waals surface area (Å²) < 4.78 is 1.74. The topological polar surface area (TPSA) is 43.1 Å². The summed E-state index contributed by atoms with van der Waals surface area (Å²) in [6.07, 6.45) is 0. The molecule has 0 radical (unpaired) electrons. The number of hydrogen-bond donors (Lipinski definition) is 0. The second-order valence-electron chi connectivity index (χ2n) is 2.93. The average Bonchev–Trinajstić information content (AvgIpc) is 2.45. The summed E-state index contributed by atoms with van der Waals surface area (Å²) in [6, 6.07) is 5.82. The van der Waals surface area contributed by atoms with Crippen LogP contribution in [0.3, 0.4) is 0 Å². The Morgan fingerprint density at radius 3 is 2.79 bits per heavy atom. The minimum atomic E-state index is -0.314. The van der Waals surface area contributed by atoms with Crippen molar-refractivity contribution in [2.45, 2.75) is 6.92 Å². The third-order valence-corrected chi connectivity index (χ3v) is 4.54. The van der Waals surface area contributed by atoms with Gasteiger partial charge in [0.1, 0.15) is 3.57 Å². The van der Waals surface area contributed by atoms with Gasteiger partial charge in [-0.1, -0.05) is 23.5 Å². The summed E-state index contributed by atoms with van der Waals surface area (Å²) in [5.41, 5.74) is 1.09. The standard InChI is InChI=1S/C9H6INO2S/c1-5-3-2-4-6-7(5)8(10)9(14-6)11(12)13/h2-4H,1H3. The van der Waals surface area contributed by atoms with Gasteiger partial charge in [-0.2, -0.15) is 0 Å². The van der Waals surface area contributed by atoms with Gasteiger partial charge in [0.05, 0.1) is 4.92 Å². The van der Waals surface area contributed by atoms with Crippen LogP contribution in [0.5, 0.6) is 0 Å². The molecule has 3 nitrogen and oxygen atoms in total. The van der Waals surface area contributed by atoms with E-state index in [0.29, 0.717) is 0 Å². The summed E-state index contributed by atoms with van der Waals surface area (Å²) in [7, 11) is 0. The Balaban J connectivity index is 2.87. The van der Waals surface area contributed by atoms with Gasteiger partial charge in [-0.25, -0.2) is 0 Å². The van der Waals surface area contributed by atoms with Crippen LogP contribution in [0.2, 0.25) is 0 Å². The number of benzene rings is 1. The molecule has 0 saturated carbocycles. The highest BCUT2D eigenvalue weighted by molar-refractivity contribution is 14.1. The Kier molecular flexibility index (Phi) is 2.44. The van der Waals surface area contributed by atoms with Gasteiger partial charge in [0.15, 0.2) is 0 Å². The Bertz CT molecular complexity index is 521. The zero-order valence-corrected chi connectivity index (χ0v) is 10.3. The van der Waals surface area contributed by atoms with Crippen LogP contribution in [0.4, 0.5) is 5.00 Å². The molecule has 2 aromatic rings. The molecule has 14 heavy (non-hydrogen) atoms. The fourth-order valence-corrected chi connectivity index (χ4v) is 3.79. The van der Waals surface area contributed by atoms with E-state index in [9.17, 15) is 10.1 Å². The van der Waals surface area contributed by atoms with Crippen molar-refractivity contribution in [1.29, 1.82) is 0 Å². The maximum atomic E-state index is 10.7. The lowest BCUT2D eigenvalue weighted by Gasteiger charge is -1.93. The SMILES string of the molecule is Cc1cccc2sc([N+](=O)[O-])c(I)c12. The number of halogens is 1. The Labute approximate surface area is 98.0 Å². The van der Waals surface area contributed by atoms with E-state index in [1.165, 1.54) is 11.3 Å². The molecule has 0 aliphatic heterocycles. The summed E-state index contributed by atoms with van der Waals surface area (Å²) in [5.74, 6) is 0. The van der Waals surface area contributed by atoms with Crippen molar-refractivity contribution in [3.05, 3.63) is 37.4 Å². The highest BCUT2D eigenvalue weighted by Gasteiger charge is 2.19. The second kappa shape index (κ2) is 3.47. The smallest absolute Gasteiger partial charge is 0.258 e. The first kappa shape index (κ1) is 9.85. The lowest BCUT2D eigenvalue weighted by molar-refractivity contribution is -0.381. The van der Waals surface area contributed by atoms with Crippen LogP contribution in [0, 0.1) is 20.6 Å². The minimum absolute atomic E-state index is 0.245. The molecule has 0 unspecified atom stereocenters. The lowest BCUT2D eigenvalue weighted by atomic mass is 10.1. The molecular formula is C9H6INO2S. The normalized spacial score (nSPS) is 10.7. The third kappa shape index (κ3) is 1.40. The molecular weight excluding hydrogens is 313 g/mol. The largest absolute Gasteiger partial charge is 0.338 e. The van der Waals surface area contributed by atoms with Gasteiger partial charge < -0.3 is 0 Å². The van der Waals surface area contributed by atoms with Crippen LogP contribution < -0.4 is 0 Å². The molecule has 0 atom stereocenters. The number of nitrogens with zero attached hydrogens (tertiary/aromatic N) is 1. The molecule has 1 aromatic heterocycles. The Morgan fingerprint density at radius 2 is 2.21 bits per heavy atom. The van der Waals surface area contributed by atoms with E-state index in [-0.39, 0.29) is 9.92 Å². The van der Waals surface area contributed by atoms with Crippen LogP contribution >= 0.6 is 33.9 Å². The highest BCUT2D eigenvalue weighted by atomic mass is 127. The van der Waals surface area contributed by atoms with Crippen molar-refractivity contribution in [2.75, 3.05) is 0 Å². The quantitative estimate of drug-likeness (QED) is 0.457. The van der Waals surface area contributed by atoms with Gasteiger partial charge in [-0.15, -0.1) is 0 Å². The van der Waals surface area contributed by atoms with E-state index < -0.39 is 0 Å². The molecule has 5 heteroatoms. The van der Waals surface area contributed by atoms with Crippen molar-refractivity contribution >= 4 is 49.0 Å². The first-order valence-electron chi connectivity index (χ1n) is 3.93. The minimum Gasteiger partial charge on any atom is -0.258 e. The Hall–Kier alpha value is -0.690. The van der Waals surface area contributed by atoms with Crippen molar-refractivity contribution < 1.29 is 4.92 Å². The van der Waals surface area contributed by atoms with Crippen LogP contribution in [-0.4, -0.2) is 4.92 Å². The monoisotopic (exact) mass is 319 g/mol. The molecule has 1 aromatic carbocycles. The van der Waals surface area contributed by atoms with Gasteiger partial charge in [0.2, 0.25) is 0 Å². The number of rotatable bonds is 1. The Morgan fingerprint density at radius 1 is 1.50 bits per heavy atom. The number of hydrogen-bond acceptors (Lipinski definition) is 3. The van der Waals surface area contributed by atoms with Gasteiger partial charge >= 0.3 is 5.00 Å². The predicted molar refractivity (Wildman–Crippen MR) is 65.9 cm³/mol. The van der Waals surface area contributed by atoms with Crippen molar-refractivity contribution in [3.8, 4) is 0 Å². The first-order chi connectivity index (χ1) is 6.61. The molecule has 0 aliphatic rings. The number of thiophene rings is 1. The summed E-state index contributed by atoms with van der Waals surface area (Å²) >= 11 is 3.28. The van der Waals surface area contributed by atoms with E-state index in [4.69, 9.17) is 0 Å². The van der Waals surface area contributed by atoms with Crippen LogP contribution in [0.25, 0.3) is 10.1 Å². The highest BCUT2D eigenvalue weighted by Crippen LogP contribution is 2.39. The molecule has 0 aliphatic carbocycles. The van der Waals surface area contributed by atoms with Gasteiger partial charge in [0, 0.05) is 10.1 Å². The molecule has 0 amide bonds. The average molecular weight is 319 g/mol. The molecule has 1 heterocycles. The number of fused-ring (bicyclic) bond motifs is 1. The molecule has 2 rings (SSSR count). The second-order valence-corrected chi connectivity index (χ2v) is 5.04. The number of nitro groups is 1. The van der Waals surface area contributed by atoms with Crippen molar-refractivity contribution in [1.82, 2.24) is 0 Å².